The summed E-state index contributed by atoms with van der Waals surface area (Å²) in [4.78, 5) is 11.3. The van der Waals surface area contributed by atoms with Crippen molar-refractivity contribution in [1.29, 1.82) is 0 Å². The van der Waals surface area contributed by atoms with Crippen molar-refractivity contribution in [3.8, 4) is 5.75 Å². The van der Waals surface area contributed by atoms with Crippen molar-refractivity contribution in [3.05, 3.63) is 28.0 Å². The quantitative estimate of drug-likeness (QED) is 0.788. The number of benzene rings is 1. The lowest BCUT2D eigenvalue weighted by Crippen LogP contribution is -2.10. The first kappa shape index (κ1) is 12.2. The highest BCUT2D eigenvalue weighted by Crippen LogP contribution is 2.28. The summed E-state index contributed by atoms with van der Waals surface area (Å²) in [6.45, 7) is 4.95. The molecular formula is C11H12BrFO2. The predicted octanol–water partition coefficient (Wildman–Crippen LogP) is 3.58. The van der Waals surface area contributed by atoms with E-state index in [0.29, 0.717) is 4.47 Å². The first-order valence-electron chi connectivity index (χ1n) is 4.58. The third-order valence-corrected chi connectivity index (χ3v) is 2.20. The summed E-state index contributed by atoms with van der Waals surface area (Å²) >= 11 is 3.13. The second-order valence-corrected chi connectivity index (χ2v) is 4.40. The molecule has 0 bridgehead atoms. The van der Waals surface area contributed by atoms with Gasteiger partial charge in [0, 0.05) is 4.47 Å². The minimum absolute atomic E-state index is 0.0284. The molecule has 1 rings (SSSR count). The van der Waals surface area contributed by atoms with Crippen LogP contribution < -0.4 is 4.74 Å². The molecule has 0 N–H and O–H groups in total. The summed E-state index contributed by atoms with van der Waals surface area (Å²) in [5.41, 5.74) is 0.260. The van der Waals surface area contributed by atoms with Gasteiger partial charge in [-0.05, 0) is 32.9 Å². The van der Waals surface area contributed by atoms with Gasteiger partial charge in [0.2, 0.25) is 0 Å². The Labute approximate surface area is 96.6 Å². The SMILES string of the molecule is CC(=O)c1cc(Br)cc(F)c1OC(C)C. The Morgan fingerprint density at radius 2 is 2.07 bits per heavy atom. The highest BCUT2D eigenvalue weighted by molar-refractivity contribution is 9.10. The van der Waals surface area contributed by atoms with Crippen LogP contribution in [0.25, 0.3) is 0 Å². The standard InChI is InChI=1S/C11H12BrFO2/c1-6(2)15-11-9(7(3)14)4-8(12)5-10(11)13/h4-6H,1-3H3. The van der Waals surface area contributed by atoms with E-state index in [0.717, 1.165) is 0 Å². The third kappa shape index (κ3) is 3.02. The smallest absolute Gasteiger partial charge is 0.166 e. The molecule has 0 aromatic heterocycles. The second kappa shape index (κ2) is 4.75. The van der Waals surface area contributed by atoms with Gasteiger partial charge in [-0.25, -0.2) is 4.39 Å². The fraction of sp³-hybridized carbons (Fsp3) is 0.364. The molecule has 0 saturated carbocycles. The van der Waals surface area contributed by atoms with Crippen molar-refractivity contribution < 1.29 is 13.9 Å². The highest BCUT2D eigenvalue weighted by atomic mass is 79.9. The zero-order chi connectivity index (χ0) is 11.6. The van der Waals surface area contributed by atoms with E-state index < -0.39 is 5.82 Å². The zero-order valence-electron chi connectivity index (χ0n) is 8.80. The number of halogens is 2. The van der Waals surface area contributed by atoms with Gasteiger partial charge in [0.05, 0.1) is 11.7 Å². The average Bonchev–Trinajstić information content (AvgIpc) is 2.08. The number of hydrogen-bond donors (Lipinski definition) is 0. The Kier molecular flexibility index (Phi) is 3.85. The Hall–Kier alpha value is -0.900. The van der Waals surface area contributed by atoms with Crippen LogP contribution in [-0.4, -0.2) is 11.9 Å². The van der Waals surface area contributed by atoms with Gasteiger partial charge in [-0.3, -0.25) is 4.79 Å². The summed E-state index contributed by atoms with van der Waals surface area (Å²) in [5.74, 6) is -0.713. The molecule has 0 fully saturated rings. The molecule has 0 aliphatic carbocycles. The molecule has 0 saturated heterocycles. The third-order valence-electron chi connectivity index (χ3n) is 1.74. The minimum Gasteiger partial charge on any atom is -0.487 e. The highest BCUT2D eigenvalue weighted by Gasteiger charge is 2.16. The van der Waals surface area contributed by atoms with Crippen LogP contribution in [0.1, 0.15) is 31.1 Å². The largest absolute Gasteiger partial charge is 0.487 e. The minimum atomic E-state index is -0.525. The van der Waals surface area contributed by atoms with Gasteiger partial charge in [-0.15, -0.1) is 0 Å². The van der Waals surface area contributed by atoms with Crippen LogP contribution in [-0.2, 0) is 0 Å². The van der Waals surface area contributed by atoms with Gasteiger partial charge in [0.15, 0.2) is 17.3 Å². The van der Waals surface area contributed by atoms with Crippen molar-refractivity contribution in [2.75, 3.05) is 0 Å². The molecular weight excluding hydrogens is 263 g/mol. The van der Waals surface area contributed by atoms with E-state index in [1.54, 1.807) is 19.9 Å². The van der Waals surface area contributed by atoms with Crippen molar-refractivity contribution in [1.82, 2.24) is 0 Å². The maximum Gasteiger partial charge on any atom is 0.166 e. The fourth-order valence-electron chi connectivity index (χ4n) is 1.18. The maximum absolute atomic E-state index is 13.5. The van der Waals surface area contributed by atoms with Crippen molar-refractivity contribution >= 4 is 21.7 Å². The number of ketones is 1. The van der Waals surface area contributed by atoms with Gasteiger partial charge >= 0.3 is 0 Å². The maximum atomic E-state index is 13.5. The summed E-state index contributed by atoms with van der Waals surface area (Å²) in [7, 11) is 0. The van der Waals surface area contributed by atoms with Crippen molar-refractivity contribution in [2.45, 2.75) is 26.9 Å². The van der Waals surface area contributed by atoms with E-state index in [-0.39, 0.29) is 23.2 Å². The number of ether oxygens (including phenoxy) is 1. The molecule has 0 atom stereocenters. The van der Waals surface area contributed by atoms with Crippen LogP contribution in [0, 0.1) is 5.82 Å². The van der Waals surface area contributed by atoms with Crippen LogP contribution in [0.5, 0.6) is 5.75 Å². The molecule has 1 aromatic rings. The summed E-state index contributed by atoms with van der Waals surface area (Å²) in [6.07, 6.45) is -0.168. The van der Waals surface area contributed by atoms with E-state index in [4.69, 9.17) is 4.74 Å². The molecule has 4 heteroatoms. The molecule has 0 amide bonds. The molecule has 0 aliphatic heterocycles. The summed E-state index contributed by atoms with van der Waals surface area (Å²) in [6, 6.07) is 2.84. The lowest BCUT2D eigenvalue weighted by atomic mass is 10.1. The van der Waals surface area contributed by atoms with Gasteiger partial charge in [0.1, 0.15) is 0 Å². The first-order valence-corrected chi connectivity index (χ1v) is 5.37. The first-order chi connectivity index (χ1) is 6.91. The van der Waals surface area contributed by atoms with Crippen LogP contribution in [0.15, 0.2) is 16.6 Å². The summed E-state index contributed by atoms with van der Waals surface area (Å²) < 4.78 is 19.3. The number of Topliss-reactive ketones (excluding diaryl/α,β-unsaturated/α-hetero) is 1. The van der Waals surface area contributed by atoms with Gasteiger partial charge in [-0.1, -0.05) is 15.9 Å². The molecule has 82 valence electrons. The number of carbonyl (C=O) groups excluding carboxylic acids is 1. The normalized spacial score (nSPS) is 10.5. The van der Waals surface area contributed by atoms with E-state index in [1.807, 2.05) is 0 Å². The molecule has 2 nitrogen and oxygen atoms in total. The molecule has 0 aliphatic rings. The second-order valence-electron chi connectivity index (χ2n) is 3.49. The molecule has 1 aromatic carbocycles. The lowest BCUT2D eigenvalue weighted by molar-refractivity contribution is 0.101. The molecule has 15 heavy (non-hydrogen) atoms. The number of hydrogen-bond acceptors (Lipinski definition) is 2. The van der Waals surface area contributed by atoms with Gasteiger partial charge < -0.3 is 4.74 Å². The van der Waals surface area contributed by atoms with E-state index in [9.17, 15) is 9.18 Å². The Morgan fingerprint density at radius 1 is 1.47 bits per heavy atom. The molecule has 0 heterocycles. The van der Waals surface area contributed by atoms with Crippen LogP contribution >= 0.6 is 15.9 Å². The molecule has 0 unspecified atom stereocenters. The number of carbonyl (C=O) groups is 1. The Bertz CT molecular complexity index is 388. The van der Waals surface area contributed by atoms with Crippen LogP contribution in [0.3, 0.4) is 0 Å². The Balaban J connectivity index is 3.27. The van der Waals surface area contributed by atoms with E-state index in [2.05, 4.69) is 15.9 Å². The van der Waals surface area contributed by atoms with E-state index >= 15 is 0 Å². The topological polar surface area (TPSA) is 26.3 Å². The molecule has 0 radical (unpaired) electrons. The molecule has 0 spiro atoms. The number of rotatable bonds is 3. The fourth-order valence-corrected chi connectivity index (χ4v) is 1.61. The predicted molar refractivity (Wildman–Crippen MR) is 59.9 cm³/mol. The van der Waals surface area contributed by atoms with E-state index in [1.165, 1.54) is 13.0 Å². The lowest BCUT2D eigenvalue weighted by Gasteiger charge is -2.14. The Morgan fingerprint density at radius 3 is 2.53 bits per heavy atom. The van der Waals surface area contributed by atoms with Gasteiger partial charge in [-0.2, -0.15) is 0 Å². The van der Waals surface area contributed by atoms with Gasteiger partial charge in [0.25, 0.3) is 0 Å². The average molecular weight is 275 g/mol. The summed E-state index contributed by atoms with van der Waals surface area (Å²) in [5, 5.41) is 0. The zero-order valence-corrected chi connectivity index (χ0v) is 10.4. The van der Waals surface area contributed by atoms with Crippen molar-refractivity contribution in [3.63, 3.8) is 0 Å². The van der Waals surface area contributed by atoms with Crippen molar-refractivity contribution in [2.24, 2.45) is 0 Å². The monoisotopic (exact) mass is 274 g/mol. The van der Waals surface area contributed by atoms with Crippen LogP contribution in [0.2, 0.25) is 0 Å². The van der Waals surface area contributed by atoms with Crippen LogP contribution in [0.4, 0.5) is 4.39 Å².